The van der Waals surface area contributed by atoms with Gasteiger partial charge < -0.3 is 19.2 Å². The van der Waals surface area contributed by atoms with Gasteiger partial charge in [0.2, 0.25) is 5.91 Å². The van der Waals surface area contributed by atoms with Crippen LogP contribution in [0.15, 0.2) is 34.7 Å². The van der Waals surface area contributed by atoms with E-state index in [-0.39, 0.29) is 23.9 Å². The number of aryl methyl sites for hydroxylation is 1. The number of carbonyl (C=O) groups is 2. The highest BCUT2D eigenvalue weighted by Gasteiger charge is 2.25. The summed E-state index contributed by atoms with van der Waals surface area (Å²) in [7, 11) is 1.70. The third-order valence-electron chi connectivity index (χ3n) is 4.52. The summed E-state index contributed by atoms with van der Waals surface area (Å²) in [5.74, 6) is 0.766. The second kappa shape index (κ2) is 7.01. The summed E-state index contributed by atoms with van der Waals surface area (Å²) in [4.78, 5) is 25.2. The van der Waals surface area contributed by atoms with Gasteiger partial charge in [-0.2, -0.15) is 0 Å². The SMILES string of the molecule is Cc1oc(CN(C)C(=O)C[C@@H]2CCOc3ccccc32)cc1C(=O)O. The number of carboxylic acids is 1. The van der Waals surface area contributed by atoms with Crippen molar-refractivity contribution in [1.82, 2.24) is 4.90 Å². The minimum atomic E-state index is -1.03. The number of furan rings is 1. The van der Waals surface area contributed by atoms with Gasteiger partial charge in [-0.25, -0.2) is 4.79 Å². The van der Waals surface area contributed by atoms with Crippen molar-refractivity contribution in [2.45, 2.75) is 32.2 Å². The smallest absolute Gasteiger partial charge is 0.339 e. The van der Waals surface area contributed by atoms with Gasteiger partial charge in [0.15, 0.2) is 0 Å². The maximum absolute atomic E-state index is 12.6. The molecule has 3 rings (SSSR count). The molecule has 0 aliphatic carbocycles. The summed E-state index contributed by atoms with van der Waals surface area (Å²) < 4.78 is 11.1. The summed E-state index contributed by atoms with van der Waals surface area (Å²) in [6.07, 6.45) is 1.20. The number of carboxylic acid groups (broad SMARTS) is 1. The molecule has 6 nitrogen and oxygen atoms in total. The first-order valence-corrected chi connectivity index (χ1v) is 8.24. The molecule has 1 aliphatic heterocycles. The number of ether oxygens (including phenoxy) is 1. The van der Waals surface area contributed by atoms with E-state index in [9.17, 15) is 9.59 Å². The average molecular weight is 343 g/mol. The number of nitrogens with zero attached hydrogens (tertiary/aromatic N) is 1. The summed E-state index contributed by atoms with van der Waals surface area (Å²) >= 11 is 0. The van der Waals surface area contributed by atoms with Crippen molar-refractivity contribution < 1.29 is 23.8 Å². The molecule has 2 heterocycles. The summed E-state index contributed by atoms with van der Waals surface area (Å²) in [6.45, 7) is 2.46. The van der Waals surface area contributed by atoms with Gasteiger partial charge in [0, 0.05) is 13.5 Å². The maximum Gasteiger partial charge on any atom is 0.339 e. The first-order chi connectivity index (χ1) is 12.0. The molecule has 0 bridgehead atoms. The van der Waals surface area contributed by atoms with E-state index in [1.54, 1.807) is 18.9 Å². The zero-order chi connectivity index (χ0) is 18.0. The van der Waals surface area contributed by atoms with Gasteiger partial charge in [0.25, 0.3) is 0 Å². The highest BCUT2D eigenvalue weighted by Crippen LogP contribution is 2.35. The van der Waals surface area contributed by atoms with Crippen LogP contribution in [0.4, 0.5) is 0 Å². The first-order valence-electron chi connectivity index (χ1n) is 8.24. The maximum atomic E-state index is 12.6. The van der Waals surface area contributed by atoms with Crippen molar-refractivity contribution in [1.29, 1.82) is 0 Å². The monoisotopic (exact) mass is 343 g/mol. The number of carbonyl (C=O) groups excluding carboxylic acids is 1. The molecule has 0 spiro atoms. The zero-order valence-electron chi connectivity index (χ0n) is 14.3. The third-order valence-corrected chi connectivity index (χ3v) is 4.52. The Balaban J connectivity index is 1.66. The van der Waals surface area contributed by atoms with Crippen LogP contribution >= 0.6 is 0 Å². The van der Waals surface area contributed by atoms with Crippen LogP contribution in [-0.4, -0.2) is 35.5 Å². The predicted molar refractivity (Wildman–Crippen MR) is 90.8 cm³/mol. The molecule has 0 saturated carbocycles. The molecule has 25 heavy (non-hydrogen) atoms. The number of hydrogen-bond donors (Lipinski definition) is 1. The van der Waals surface area contributed by atoms with Crippen LogP contribution in [0, 0.1) is 6.92 Å². The average Bonchev–Trinajstić information content (AvgIpc) is 2.95. The molecule has 1 amide bonds. The Morgan fingerprint density at radius 3 is 2.80 bits per heavy atom. The Hall–Kier alpha value is -2.76. The molecule has 1 atom stereocenters. The van der Waals surface area contributed by atoms with Crippen molar-refractivity contribution in [3.63, 3.8) is 0 Å². The second-order valence-corrected chi connectivity index (χ2v) is 6.31. The molecule has 2 aromatic rings. The Morgan fingerprint density at radius 2 is 2.08 bits per heavy atom. The van der Waals surface area contributed by atoms with Crippen molar-refractivity contribution in [2.75, 3.05) is 13.7 Å². The van der Waals surface area contributed by atoms with E-state index >= 15 is 0 Å². The normalized spacial score (nSPS) is 16.0. The summed E-state index contributed by atoms with van der Waals surface area (Å²) in [5.41, 5.74) is 1.20. The lowest BCUT2D eigenvalue weighted by atomic mass is 9.90. The van der Waals surface area contributed by atoms with Crippen LogP contribution in [0.5, 0.6) is 5.75 Å². The molecule has 1 aromatic heterocycles. The van der Waals surface area contributed by atoms with Crippen molar-refractivity contribution in [3.8, 4) is 5.75 Å². The fraction of sp³-hybridized carbons (Fsp3) is 0.368. The lowest BCUT2D eigenvalue weighted by Gasteiger charge is -2.27. The van der Waals surface area contributed by atoms with E-state index < -0.39 is 5.97 Å². The number of benzene rings is 1. The van der Waals surface area contributed by atoms with E-state index in [4.69, 9.17) is 14.3 Å². The lowest BCUT2D eigenvalue weighted by Crippen LogP contribution is -2.28. The topological polar surface area (TPSA) is 80.0 Å². The molecule has 1 aromatic carbocycles. The van der Waals surface area contributed by atoms with Gasteiger partial charge >= 0.3 is 5.97 Å². The van der Waals surface area contributed by atoms with E-state index in [0.717, 1.165) is 17.7 Å². The van der Waals surface area contributed by atoms with Crippen LogP contribution < -0.4 is 4.74 Å². The number of fused-ring (bicyclic) bond motifs is 1. The molecule has 132 valence electrons. The minimum absolute atomic E-state index is 0.00682. The van der Waals surface area contributed by atoms with Crippen LogP contribution in [0.1, 0.15) is 46.2 Å². The number of hydrogen-bond acceptors (Lipinski definition) is 4. The molecule has 0 saturated heterocycles. The molecular weight excluding hydrogens is 322 g/mol. The Bertz CT molecular complexity index is 795. The standard InChI is InChI=1S/C19H21NO5/c1-12-16(19(22)23)10-14(25-12)11-20(2)18(21)9-13-7-8-24-17-6-4-3-5-15(13)17/h3-6,10,13H,7-9,11H2,1-2H3,(H,22,23)/t13-/m0/s1. The number of para-hydroxylation sites is 1. The third kappa shape index (κ3) is 3.68. The lowest BCUT2D eigenvalue weighted by molar-refractivity contribution is -0.131. The van der Waals surface area contributed by atoms with Crippen molar-refractivity contribution in [2.24, 2.45) is 0 Å². The van der Waals surface area contributed by atoms with Crippen LogP contribution in [-0.2, 0) is 11.3 Å². The number of amides is 1. The summed E-state index contributed by atoms with van der Waals surface area (Å²) in [5, 5.41) is 9.08. The quantitative estimate of drug-likeness (QED) is 0.902. The van der Waals surface area contributed by atoms with Gasteiger partial charge in [-0.3, -0.25) is 4.79 Å². The van der Waals surface area contributed by atoms with E-state index in [1.165, 1.54) is 6.07 Å². The molecule has 1 aliphatic rings. The fourth-order valence-electron chi connectivity index (χ4n) is 3.15. The van der Waals surface area contributed by atoms with Gasteiger partial charge in [0.05, 0.1) is 13.2 Å². The van der Waals surface area contributed by atoms with Crippen LogP contribution in [0.25, 0.3) is 0 Å². The van der Waals surface area contributed by atoms with E-state index in [0.29, 0.717) is 24.5 Å². The van der Waals surface area contributed by atoms with E-state index in [2.05, 4.69) is 0 Å². The molecule has 0 unspecified atom stereocenters. The van der Waals surface area contributed by atoms with Crippen molar-refractivity contribution >= 4 is 11.9 Å². The summed E-state index contributed by atoms with van der Waals surface area (Å²) in [6, 6.07) is 9.28. The molecular formula is C19H21NO5. The number of rotatable bonds is 5. The molecule has 0 radical (unpaired) electrons. The van der Waals surface area contributed by atoms with Crippen molar-refractivity contribution in [3.05, 3.63) is 53.0 Å². The fourth-order valence-corrected chi connectivity index (χ4v) is 3.15. The Labute approximate surface area is 146 Å². The molecule has 0 fully saturated rings. The van der Waals surface area contributed by atoms with Gasteiger partial charge in [-0.15, -0.1) is 0 Å². The molecule has 1 N–H and O–H groups in total. The Kier molecular flexibility index (Phi) is 4.79. The second-order valence-electron chi connectivity index (χ2n) is 6.31. The Morgan fingerprint density at radius 1 is 1.32 bits per heavy atom. The van der Waals surface area contributed by atoms with Gasteiger partial charge in [0.1, 0.15) is 22.8 Å². The van der Waals surface area contributed by atoms with Gasteiger partial charge in [-0.05, 0) is 37.0 Å². The van der Waals surface area contributed by atoms with Gasteiger partial charge in [-0.1, -0.05) is 18.2 Å². The van der Waals surface area contributed by atoms with E-state index in [1.807, 2.05) is 24.3 Å². The first kappa shape index (κ1) is 17.1. The van der Waals surface area contributed by atoms with Crippen LogP contribution in [0.3, 0.4) is 0 Å². The highest BCUT2D eigenvalue weighted by molar-refractivity contribution is 5.88. The zero-order valence-corrected chi connectivity index (χ0v) is 14.3. The predicted octanol–water partition coefficient (Wildman–Crippen LogP) is 3.20. The highest BCUT2D eigenvalue weighted by atomic mass is 16.5. The largest absolute Gasteiger partial charge is 0.493 e. The minimum Gasteiger partial charge on any atom is -0.493 e. The van der Waals surface area contributed by atoms with Crippen LogP contribution in [0.2, 0.25) is 0 Å². The number of aromatic carboxylic acids is 1. The molecule has 6 heteroatoms.